The smallest absolute Gasteiger partial charge is 0.225 e. The van der Waals surface area contributed by atoms with E-state index in [4.69, 9.17) is 5.73 Å². The summed E-state index contributed by atoms with van der Waals surface area (Å²) >= 11 is 1.84. The molecule has 0 bridgehead atoms. The Morgan fingerprint density at radius 3 is 3.14 bits per heavy atom. The molecule has 0 spiro atoms. The van der Waals surface area contributed by atoms with Crippen LogP contribution in [-0.2, 0) is 17.8 Å². The molecule has 2 aromatic rings. The van der Waals surface area contributed by atoms with Crippen LogP contribution < -0.4 is 11.1 Å². The van der Waals surface area contributed by atoms with E-state index in [-0.39, 0.29) is 5.91 Å². The molecule has 5 heteroatoms. The lowest BCUT2D eigenvalue weighted by Crippen LogP contribution is -2.32. The highest BCUT2D eigenvalue weighted by Crippen LogP contribution is 2.24. The first-order valence-electron chi connectivity index (χ1n) is 7.14. The van der Waals surface area contributed by atoms with Gasteiger partial charge >= 0.3 is 0 Å². The normalized spacial score (nSPS) is 14.7. The van der Waals surface area contributed by atoms with Crippen molar-refractivity contribution in [2.45, 2.75) is 19.4 Å². The highest BCUT2D eigenvalue weighted by molar-refractivity contribution is 7.10. The Labute approximate surface area is 128 Å². The maximum atomic E-state index is 12.0. The molecule has 21 heavy (non-hydrogen) atoms. The van der Waals surface area contributed by atoms with Crippen LogP contribution in [0.1, 0.15) is 16.9 Å². The molecule has 1 amide bonds. The van der Waals surface area contributed by atoms with Crippen LogP contribution in [0.5, 0.6) is 0 Å². The van der Waals surface area contributed by atoms with Gasteiger partial charge in [-0.3, -0.25) is 9.69 Å². The molecule has 0 atom stereocenters. The van der Waals surface area contributed by atoms with Crippen LogP contribution in [0, 0.1) is 0 Å². The summed E-state index contributed by atoms with van der Waals surface area (Å²) in [5.74, 6) is 0.0386. The quantitative estimate of drug-likeness (QED) is 0.854. The Hall–Kier alpha value is -1.85. The number of benzene rings is 1. The number of hydrogen-bond acceptors (Lipinski definition) is 4. The minimum absolute atomic E-state index is 0.0386. The van der Waals surface area contributed by atoms with E-state index in [1.165, 1.54) is 10.4 Å². The number of rotatable bonds is 4. The Morgan fingerprint density at radius 2 is 2.29 bits per heavy atom. The van der Waals surface area contributed by atoms with Crippen LogP contribution in [0.3, 0.4) is 0 Å². The van der Waals surface area contributed by atoms with Crippen molar-refractivity contribution < 1.29 is 4.79 Å². The summed E-state index contributed by atoms with van der Waals surface area (Å²) in [6.45, 7) is 2.80. The van der Waals surface area contributed by atoms with E-state index in [0.29, 0.717) is 12.1 Å². The zero-order valence-corrected chi connectivity index (χ0v) is 12.7. The maximum Gasteiger partial charge on any atom is 0.225 e. The average Bonchev–Trinajstić information content (AvgIpc) is 2.92. The maximum absolute atomic E-state index is 12.0. The van der Waals surface area contributed by atoms with Gasteiger partial charge in [0, 0.05) is 42.3 Å². The highest BCUT2D eigenvalue weighted by Gasteiger charge is 2.17. The van der Waals surface area contributed by atoms with Crippen LogP contribution in [0.15, 0.2) is 35.7 Å². The van der Waals surface area contributed by atoms with Crippen LogP contribution in [-0.4, -0.2) is 23.9 Å². The average molecular weight is 301 g/mol. The fourth-order valence-corrected chi connectivity index (χ4v) is 3.49. The molecule has 3 rings (SSSR count). The fourth-order valence-electron chi connectivity index (χ4n) is 2.60. The molecule has 2 heterocycles. The van der Waals surface area contributed by atoms with Crippen LogP contribution in [0.25, 0.3) is 0 Å². The van der Waals surface area contributed by atoms with Gasteiger partial charge in [0.05, 0.1) is 0 Å². The van der Waals surface area contributed by atoms with Gasteiger partial charge in [0.1, 0.15) is 0 Å². The molecule has 0 fully saturated rings. The Kier molecular flexibility index (Phi) is 4.22. The van der Waals surface area contributed by atoms with E-state index in [0.717, 1.165) is 31.7 Å². The number of nitrogens with two attached hydrogens (primary N) is 1. The molecule has 3 N–H and O–H groups in total. The van der Waals surface area contributed by atoms with Gasteiger partial charge in [-0.05, 0) is 41.6 Å². The predicted molar refractivity (Wildman–Crippen MR) is 87.4 cm³/mol. The summed E-state index contributed by atoms with van der Waals surface area (Å²) in [6.07, 6.45) is 1.61. The van der Waals surface area contributed by atoms with E-state index in [2.05, 4.69) is 21.7 Å². The highest BCUT2D eigenvalue weighted by atomic mass is 32.1. The Morgan fingerprint density at radius 1 is 1.38 bits per heavy atom. The van der Waals surface area contributed by atoms with Crippen molar-refractivity contribution in [3.8, 4) is 0 Å². The van der Waals surface area contributed by atoms with Crippen molar-refractivity contribution in [1.29, 1.82) is 0 Å². The lowest BCUT2D eigenvalue weighted by atomic mass is 10.1. The van der Waals surface area contributed by atoms with Gasteiger partial charge in [-0.25, -0.2) is 0 Å². The summed E-state index contributed by atoms with van der Waals surface area (Å²) in [5.41, 5.74) is 8.54. The molecule has 4 nitrogen and oxygen atoms in total. The number of carbonyl (C=O) groups is 1. The summed E-state index contributed by atoms with van der Waals surface area (Å²) in [6, 6.07) is 9.47. The van der Waals surface area contributed by atoms with Crippen LogP contribution in [0.2, 0.25) is 0 Å². The van der Waals surface area contributed by atoms with Crippen molar-refractivity contribution in [1.82, 2.24) is 4.90 Å². The molecule has 1 aliphatic heterocycles. The lowest BCUT2D eigenvalue weighted by Gasteiger charge is -2.26. The number of fused-ring (bicyclic) bond motifs is 1. The van der Waals surface area contributed by atoms with E-state index in [1.54, 1.807) is 6.07 Å². The third-order valence-electron chi connectivity index (χ3n) is 3.71. The number of anilines is 2. The first kappa shape index (κ1) is 14.1. The third-order valence-corrected chi connectivity index (χ3v) is 4.74. The standard InChI is InChI=1S/C16H19N3OS/c17-13-2-1-3-14(10-13)18-16(20)5-8-19-7-4-15-12(11-19)6-9-21-15/h1-3,6,9-10H,4-5,7-8,11,17H2,(H,18,20). The molecule has 1 aromatic heterocycles. The summed E-state index contributed by atoms with van der Waals surface area (Å²) < 4.78 is 0. The van der Waals surface area contributed by atoms with Crippen molar-refractivity contribution in [2.24, 2.45) is 0 Å². The van der Waals surface area contributed by atoms with Gasteiger partial charge in [-0.2, -0.15) is 0 Å². The van der Waals surface area contributed by atoms with Crippen molar-refractivity contribution >= 4 is 28.6 Å². The lowest BCUT2D eigenvalue weighted by molar-refractivity contribution is -0.116. The first-order chi connectivity index (χ1) is 10.2. The molecule has 1 aliphatic rings. The molecule has 0 saturated heterocycles. The molecule has 110 valence electrons. The molecule has 0 unspecified atom stereocenters. The van der Waals surface area contributed by atoms with Gasteiger partial charge in [0.2, 0.25) is 5.91 Å². The number of carbonyl (C=O) groups excluding carboxylic acids is 1. The number of nitrogen functional groups attached to an aromatic ring is 1. The number of hydrogen-bond donors (Lipinski definition) is 2. The fraction of sp³-hybridized carbons (Fsp3) is 0.312. The van der Waals surface area contributed by atoms with Gasteiger partial charge in [0.25, 0.3) is 0 Å². The molecule has 0 aliphatic carbocycles. The zero-order valence-electron chi connectivity index (χ0n) is 11.8. The SMILES string of the molecule is Nc1cccc(NC(=O)CCN2CCc3sccc3C2)c1. The second kappa shape index (κ2) is 6.28. The summed E-state index contributed by atoms with van der Waals surface area (Å²) in [5, 5.41) is 5.05. The number of nitrogens with zero attached hydrogens (tertiary/aromatic N) is 1. The number of thiophene rings is 1. The number of amides is 1. The van der Waals surface area contributed by atoms with Gasteiger partial charge in [-0.1, -0.05) is 6.07 Å². The monoisotopic (exact) mass is 301 g/mol. The molecule has 0 saturated carbocycles. The largest absolute Gasteiger partial charge is 0.399 e. The zero-order chi connectivity index (χ0) is 14.7. The minimum Gasteiger partial charge on any atom is -0.399 e. The molecule has 1 aromatic carbocycles. The van der Waals surface area contributed by atoms with E-state index in [9.17, 15) is 4.79 Å². The van der Waals surface area contributed by atoms with Crippen molar-refractivity contribution in [3.63, 3.8) is 0 Å². The van der Waals surface area contributed by atoms with Gasteiger partial charge < -0.3 is 11.1 Å². The number of nitrogens with one attached hydrogen (secondary N) is 1. The first-order valence-corrected chi connectivity index (χ1v) is 8.01. The van der Waals surface area contributed by atoms with Crippen molar-refractivity contribution in [3.05, 3.63) is 46.2 Å². The van der Waals surface area contributed by atoms with Crippen LogP contribution in [0.4, 0.5) is 11.4 Å². The minimum atomic E-state index is 0.0386. The van der Waals surface area contributed by atoms with E-state index < -0.39 is 0 Å². The second-order valence-corrected chi connectivity index (χ2v) is 6.32. The van der Waals surface area contributed by atoms with E-state index >= 15 is 0 Å². The van der Waals surface area contributed by atoms with Gasteiger partial charge in [0.15, 0.2) is 0 Å². The topological polar surface area (TPSA) is 58.4 Å². The molecular formula is C16H19N3OS. The summed E-state index contributed by atoms with van der Waals surface area (Å²) in [4.78, 5) is 15.8. The van der Waals surface area contributed by atoms with Crippen molar-refractivity contribution in [2.75, 3.05) is 24.1 Å². The third kappa shape index (κ3) is 3.62. The molecule has 0 radical (unpaired) electrons. The van der Waals surface area contributed by atoms with Gasteiger partial charge in [-0.15, -0.1) is 11.3 Å². The second-order valence-electron chi connectivity index (χ2n) is 5.32. The Bertz CT molecular complexity index is 638. The Balaban J connectivity index is 1.48. The predicted octanol–water partition coefficient (Wildman–Crippen LogP) is 2.72. The van der Waals surface area contributed by atoms with E-state index in [1.807, 2.05) is 29.5 Å². The molecular weight excluding hydrogens is 282 g/mol. The van der Waals surface area contributed by atoms with Crippen LogP contribution >= 0.6 is 11.3 Å². The summed E-state index contributed by atoms with van der Waals surface area (Å²) in [7, 11) is 0.